The van der Waals surface area contributed by atoms with Gasteiger partial charge in [-0.05, 0) is 56.6 Å². The molecule has 2 saturated heterocycles. The molecule has 0 aliphatic carbocycles. The number of carbonyl (C=O) groups is 2. The van der Waals surface area contributed by atoms with Crippen molar-refractivity contribution in [1.29, 1.82) is 0 Å². The van der Waals surface area contributed by atoms with E-state index in [-0.39, 0.29) is 47.7 Å². The van der Waals surface area contributed by atoms with Gasteiger partial charge in [-0.2, -0.15) is 0 Å². The number of benzene rings is 1. The Hall–Kier alpha value is -2.09. The van der Waals surface area contributed by atoms with E-state index in [0.717, 1.165) is 18.9 Å². The van der Waals surface area contributed by atoms with Gasteiger partial charge >= 0.3 is 0 Å². The zero-order valence-corrected chi connectivity index (χ0v) is 17.6. The zero-order valence-electron chi connectivity index (χ0n) is 17.6. The van der Waals surface area contributed by atoms with Crippen LogP contribution < -0.4 is 11.1 Å². The van der Waals surface area contributed by atoms with E-state index in [1.807, 2.05) is 4.90 Å². The van der Waals surface area contributed by atoms with Crippen LogP contribution in [0.2, 0.25) is 0 Å². The number of rotatable bonds is 6. The van der Waals surface area contributed by atoms with Crippen LogP contribution in [0.4, 0.5) is 13.2 Å². The molecule has 0 saturated carbocycles. The predicted octanol–water partition coefficient (Wildman–Crippen LogP) is 2.90. The largest absolute Gasteiger partial charge is 0.344 e. The number of fused-ring (bicyclic) bond motifs is 2. The highest BCUT2D eigenvalue weighted by Crippen LogP contribution is 2.40. The van der Waals surface area contributed by atoms with Gasteiger partial charge in [0.25, 0.3) is 0 Å². The minimum atomic E-state index is -1.21. The summed E-state index contributed by atoms with van der Waals surface area (Å²) in [6.07, 6.45) is 3.20. The maximum Gasteiger partial charge on any atom is 0.245 e. The maximum atomic E-state index is 14.0. The van der Waals surface area contributed by atoms with Crippen molar-refractivity contribution < 1.29 is 22.8 Å². The van der Waals surface area contributed by atoms with Crippen LogP contribution in [0.5, 0.6) is 0 Å². The lowest BCUT2D eigenvalue weighted by Gasteiger charge is -2.42. The summed E-state index contributed by atoms with van der Waals surface area (Å²) in [5, 5.41) is 2.77. The highest BCUT2D eigenvalue weighted by Gasteiger charge is 2.45. The number of hydrogen-bond donors (Lipinski definition) is 2. The average molecular weight is 425 g/mol. The molecule has 1 aromatic rings. The molecule has 2 bridgehead atoms. The van der Waals surface area contributed by atoms with Gasteiger partial charge in [-0.15, -0.1) is 0 Å². The molecule has 2 aliphatic rings. The molecule has 5 nitrogen and oxygen atoms in total. The van der Waals surface area contributed by atoms with Crippen molar-refractivity contribution >= 4 is 11.8 Å². The van der Waals surface area contributed by atoms with Crippen molar-refractivity contribution in [2.24, 2.45) is 17.6 Å². The van der Waals surface area contributed by atoms with Crippen LogP contribution in [0.1, 0.15) is 52.0 Å². The number of nitrogens with two attached hydrogens (primary N) is 1. The summed E-state index contributed by atoms with van der Waals surface area (Å²) in [4.78, 5) is 26.8. The molecule has 2 aliphatic heterocycles. The summed E-state index contributed by atoms with van der Waals surface area (Å²) in [7, 11) is 0. The van der Waals surface area contributed by atoms with Crippen LogP contribution in [0.25, 0.3) is 0 Å². The molecule has 2 amide bonds. The van der Waals surface area contributed by atoms with Gasteiger partial charge in [-0.25, -0.2) is 13.2 Å². The number of nitrogens with one attached hydrogen (secondary N) is 1. The van der Waals surface area contributed by atoms with E-state index < -0.39 is 29.5 Å². The Labute approximate surface area is 175 Å². The molecule has 5 atom stereocenters. The lowest BCUT2D eigenvalue weighted by Crippen LogP contribution is -2.55. The average Bonchev–Trinajstić information content (AvgIpc) is 2.94. The second kappa shape index (κ2) is 8.96. The Morgan fingerprint density at radius 3 is 2.20 bits per heavy atom. The van der Waals surface area contributed by atoms with Gasteiger partial charge in [-0.1, -0.05) is 13.8 Å². The fourth-order valence-electron chi connectivity index (χ4n) is 4.73. The Morgan fingerprint density at radius 2 is 1.63 bits per heavy atom. The minimum Gasteiger partial charge on any atom is -0.344 e. The van der Waals surface area contributed by atoms with Gasteiger partial charge in [-0.3, -0.25) is 9.59 Å². The molecule has 166 valence electrons. The van der Waals surface area contributed by atoms with Crippen LogP contribution in [-0.4, -0.2) is 40.9 Å². The third kappa shape index (κ3) is 4.63. The zero-order chi connectivity index (χ0) is 22.2. The van der Waals surface area contributed by atoms with Crippen molar-refractivity contribution in [2.45, 2.75) is 77.0 Å². The van der Waals surface area contributed by atoms with Crippen molar-refractivity contribution in [3.63, 3.8) is 0 Å². The molecule has 0 radical (unpaired) electrons. The maximum absolute atomic E-state index is 14.0. The van der Waals surface area contributed by atoms with E-state index >= 15 is 0 Å². The fraction of sp³-hybridized carbons (Fsp3) is 0.636. The number of carbonyl (C=O) groups excluding carboxylic acids is 2. The van der Waals surface area contributed by atoms with Gasteiger partial charge in [0.05, 0.1) is 0 Å². The summed E-state index contributed by atoms with van der Waals surface area (Å²) in [5.74, 6) is -3.49. The topological polar surface area (TPSA) is 75.4 Å². The van der Waals surface area contributed by atoms with Gasteiger partial charge in [0.15, 0.2) is 11.6 Å². The molecule has 2 heterocycles. The normalized spacial score (nSPS) is 25.3. The molecule has 0 aromatic heterocycles. The number of hydrogen-bond acceptors (Lipinski definition) is 3. The van der Waals surface area contributed by atoms with Crippen molar-refractivity contribution in [3.05, 3.63) is 35.1 Å². The lowest BCUT2D eigenvalue weighted by molar-refractivity contribution is -0.141. The summed E-state index contributed by atoms with van der Waals surface area (Å²) in [5.41, 5.74) is 6.39. The second-order valence-electron chi connectivity index (χ2n) is 8.97. The van der Waals surface area contributed by atoms with Gasteiger partial charge < -0.3 is 16.0 Å². The highest BCUT2D eigenvalue weighted by atomic mass is 19.2. The molecule has 3 rings (SSSR count). The van der Waals surface area contributed by atoms with Crippen LogP contribution in [0.15, 0.2) is 12.1 Å². The molecule has 2 fully saturated rings. The fourth-order valence-corrected chi connectivity index (χ4v) is 4.73. The van der Waals surface area contributed by atoms with E-state index in [9.17, 15) is 22.8 Å². The molecule has 3 N–H and O–H groups in total. The van der Waals surface area contributed by atoms with E-state index in [1.54, 1.807) is 20.8 Å². The van der Waals surface area contributed by atoms with Crippen LogP contribution in [0.3, 0.4) is 0 Å². The van der Waals surface area contributed by atoms with Gasteiger partial charge in [0.1, 0.15) is 11.9 Å². The van der Waals surface area contributed by atoms with Crippen LogP contribution >= 0.6 is 0 Å². The molecular weight excluding hydrogens is 395 g/mol. The number of piperidine rings is 1. The Balaban J connectivity index is 1.63. The van der Waals surface area contributed by atoms with Gasteiger partial charge in [0, 0.05) is 30.1 Å². The predicted molar refractivity (Wildman–Crippen MR) is 107 cm³/mol. The molecule has 8 heteroatoms. The number of nitrogens with zero attached hydrogens (tertiary/aromatic N) is 1. The van der Waals surface area contributed by atoms with Gasteiger partial charge in [0.2, 0.25) is 11.8 Å². The third-order valence-corrected chi connectivity index (χ3v) is 6.43. The van der Waals surface area contributed by atoms with E-state index in [0.29, 0.717) is 18.9 Å². The minimum absolute atomic E-state index is 0.0282. The summed E-state index contributed by atoms with van der Waals surface area (Å²) in [6.45, 7) is 5.25. The number of amides is 2. The standard InChI is InChI=1S/C22H30F3N3O2/c1-11(2)21(29)27-12(3)22(30)28-15-4-5-16(28)7-14(6-15)20(26)9-13-8-18(24)19(25)10-17(13)23/h8,10-12,14-16,20H,4-7,9,26H2,1-3H3,(H,27,29)/t12-,14?,15-,16+,20-/m1/s1. The monoisotopic (exact) mass is 425 g/mol. The van der Waals surface area contributed by atoms with Crippen molar-refractivity contribution in [2.75, 3.05) is 0 Å². The molecule has 1 unspecified atom stereocenters. The summed E-state index contributed by atoms with van der Waals surface area (Å²) >= 11 is 0. The second-order valence-corrected chi connectivity index (χ2v) is 8.97. The lowest BCUT2D eigenvalue weighted by atomic mass is 9.82. The highest BCUT2D eigenvalue weighted by molar-refractivity contribution is 5.88. The Bertz CT molecular complexity index is 803. The first-order valence-corrected chi connectivity index (χ1v) is 10.6. The summed E-state index contributed by atoms with van der Waals surface area (Å²) in [6, 6.07) is 0.472. The first-order chi connectivity index (χ1) is 14.1. The smallest absolute Gasteiger partial charge is 0.245 e. The Kier molecular flexibility index (Phi) is 6.75. The van der Waals surface area contributed by atoms with Crippen molar-refractivity contribution in [3.8, 4) is 0 Å². The van der Waals surface area contributed by atoms with Crippen LogP contribution in [-0.2, 0) is 16.0 Å². The Morgan fingerprint density at radius 1 is 1.07 bits per heavy atom. The molecule has 1 aromatic carbocycles. The van der Waals surface area contributed by atoms with E-state index in [1.165, 1.54) is 0 Å². The molecule has 30 heavy (non-hydrogen) atoms. The molecular formula is C22H30F3N3O2. The first-order valence-electron chi connectivity index (χ1n) is 10.6. The third-order valence-electron chi connectivity index (χ3n) is 6.43. The van der Waals surface area contributed by atoms with E-state index in [2.05, 4.69) is 5.32 Å². The number of halogens is 3. The summed E-state index contributed by atoms with van der Waals surface area (Å²) < 4.78 is 40.6. The first kappa shape index (κ1) is 22.6. The quantitative estimate of drug-likeness (QED) is 0.689. The van der Waals surface area contributed by atoms with Crippen LogP contribution in [0, 0.1) is 29.3 Å². The molecule has 0 spiro atoms. The SMILES string of the molecule is CC(C)C(=O)N[C@H](C)C(=O)N1[C@@H]2CC[C@H]1CC([C@H](N)Cc1cc(F)c(F)cc1F)C2. The van der Waals surface area contributed by atoms with E-state index in [4.69, 9.17) is 5.73 Å². The van der Waals surface area contributed by atoms with Crippen molar-refractivity contribution in [1.82, 2.24) is 10.2 Å².